The molecule has 0 radical (unpaired) electrons. The van der Waals surface area contributed by atoms with Crippen LogP contribution in [0.5, 0.6) is 0 Å². The van der Waals surface area contributed by atoms with Gasteiger partial charge in [0.2, 0.25) is 5.91 Å². The first-order valence-corrected chi connectivity index (χ1v) is 14.7. The van der Waals surface area contributed by atoms with Crippen LogP contribution in [0.2, 0.25) is 0 Å². The van der Waals surface area contributed by atoms with Crippen molar-refractivity contribution in [3.8, 4) is 0 Å². The van der Waals surface area contributed by atoms with Crippen molar-refractivity contribution in [1.29, 1.82) is 0 Å². The summed E-state index contributed by atoms with van der Waals surface area (Å²) < 4.78 is 4.39. The second-order valence-electron chi connectivity index (χ2n) is 11.2. The molecule has 3 fully saturated rings. The Morgan fingerprint density at radius 2 is 1.97 bits per heavy atom. The van der Waals surface area contributed by atoms with E-state index in [-0.39, 0.29) is 31.0 Å². The minimum atomic E-state index is -0.664. The molecule has 7 nitrogen and oxygen atoms in total. The molecule has 1 aromatic carbocycles. The van der Waals surface area contributed by atoms with Crippen LogP contribution in [-0.2, 0) is 19.1 Å². The number of amides is 2. The summed E-state index contributed by atoms with van der Waals surface area (Å²) in [7, 11) is 0. The number of rotatable bonds is 12. The number of nitrogens with zero attached hydrogens (tertiary/aromatic N) is 2. The molecule has 208 valence electrons. The molecule has 38 heavy (non-hydrogen) atoms. The highest BCUT2D eigenvalue weighted by atomic mass is 32.2. The van der Waals surface area contributed by atoms with Crippen LogP contribution in [0.1, 0.15) is 63.5 Å². The van der Waals surface area contributed by atoms with Crippen molar-refractivity contribution >= 4 is 35.2 Å². The van der Waals surface area contributed by atoms with E-state index in [4.69, 9.17) is 9.84 Å². The van der Waals surface area contributed by atoms with E-state index in [1.807, 2.05) is 32.0 Å². The summed E-state index contributed by atoms with van der Waals surface area (Å²) in [5.41, 5.74) is 2.87. The number of aliphatic hydroxyl groups is 1. The van der Waals surface area contributed by atoms with Gasteiger partial charge in [-0.15, -0.1) is 18.3 Å². The van der Waals surface area contributed by atoms with E-state index in [9.17, 15) is 14.4 Å². The highest BCUT2D eigenvalue weighted by Gasteiger charge is 2.77. The van der Waals surface area contributed by atoms with E-state index >= 15 is 0 Å². The van der Waals surface area contributed by atoms with Crippen molar-refractivity contribution in [3.63, 3.8) is 0 Å². The average Bonchev–Trinajstić information content (AvgIpc) is 3.44. The van der Waals surface area contributed by atoms with Crippen LogP contribution in [-0.4, -0.2) is 69.6 Å². The second kappa shape index (κ2) is 11.4. The van der Waals surface area contributed by atoms with E-state index in [1.165, 1.54) is 0 Å². The number of fused-ring (bicyclic) bond motifs is 1. The van der Waals surface area contributed by atoms with Gasteiger partial charge in [-0.25, -0.2) is 0 Å². The van der Waals surface area contributed by atoms with E-state index in [0.717, 1.165) is 48.9 Å². The smallest absolute Gasteiger partial charge is 0.311 e. The first-order chi connectivity index (χ1) is 18.1. The Balaban J connectivity index is 1.76. The minimum absolute atomic E-state index is 0.0981. The summed E-state index contributed by atoms with van der Waals surface area (Å²) in [4.78, 5) is 45.6. The second-order valence-corrected chi connectivity index (χ2v) is 13.1. The Hall–Kier alpha value is -2.32. The highest BCUT2D eigenvalue weighted by Crippen LogP contribution is 2.71. The molecule has 0 aromatic heterocycles. The summed E-state index contributed by atoms with van der Waals surface area (Å²) in [5.74, 6) is -1.65. The molecule has 5 atom stereocenters. The van der Waals surface area contributed by atoms with Crippen LogP contribution in [0.3, 0.4) is 0 Å². The van der Waals surface area contributed by atoms with Crippen LogP contribution in [0.4, 0.5) is 5.69 Å². The maximum atomic E-state index is 14.6. The number of benzene rings is 1. The number of esters is 1. The van der Waals surface area contributed by atoms with Gasteiger partial charge in [0.25, 0.3) is 5.91 Å². The fourth-order valence-electron chi connectivity index (χ4n) is 6.88. The summed E-state index contributed by atoms with van der Waals surface area (Å²) in [6.45, 7) is 13.0. The van der Waals surface area contributed by atoms with Crippen molar-refractivity contribution in [1.82, 2.24) is 4.90 Å². The molecule has 3 aliphatic heterocycles. The first kappa shape index (κ1) is 28.7. The number of ether oxygens (including phenoxy) is 1. The Morgan fingerprint density at radius 1 is 1.24 bits per heavy atom. The van der Waals surface area contributed by atoms with Crippen LogP contribution < -0.4 is 4.90 Å². The summed E-state index contributed by atoms with van der Waals surface area (Å²) in [6.07, 6.45) is 6.41. The van der Waals surface area contributed by atoms with Crippen LogP contribution in [0.15, 0.2) is 30.9 Å². The molecule has 0 saturated carbocycles. The molecule has 3 saturated heterocycles. The zero-order valence-electron chi connectivity index (χ0n) is 23.2. The summed E-state index contributed by atoms with van der Waals surface area (Å²) in [6, 6.07) is 5.40. The predicted octanol–water partition coefficient (Wildman–Crippen LogP) is 4.42. The SMILES string of the molecule is C=CCN(C(=O)C1N(CCCCCCO)C(=O)[C@@H]2[C@@H](C(=O)OCC)[C@@]3(C)CCC12S3)c1cc(C)ccc1C. The molecular weight excluding hydrogens is 500 g/mol. The molecule has 2 unspecified atom stereocenters. The Kier molecular flexibility index (Phi) is 8.62. The minimum Gasteiger partial charge on any atom is -0.466 e. The molecule has 2 bridgehead atoms. The van der Waals surface area contributed by atoms with Crippen molar-refractivity contribution in [2.24, 2.45) is 11.8 Å². The van der Waals surface area contributed by atoms with Crippen LogP contribution in [0, 0.1) is 25.7 Å². The topological polar surface area (TPSA) is 87.2 Å². The number of aryl methyl sites for hydroxylation is 2. The van der Waals surface area contributed by atoms with E-state index in [1.54, 1.807) is 34.6 Å². The van der Waals surface area contributed by atoms with Gasteiger partial charge in [0.15, 0.2) is 0 Å². The van der Waals surface area contributed by atoms with E-state index in [2.05, 4.69) is 13.5 Å². The van der Waals surface area contributed by atoms with Crippen LogP contribution in [0.25, 0.3) is 0 Å². The molecule has 4 rings (SSSR count). The molecule has 0 aliphatic carbocycles. The van der Waals surface area contributed by atoms with Gasteiger partial charge >= 0.3 is 5.97 Å². The van der Waals surface area contributed by atoms with Gasteiger partial charge < -0.3 is 19.6 Å². The van der Waals surface area contributed by atoms with Gasteiger partial charge in [0.05, 0.1) is 23.2 Å². The van der Waals surface area contributed by atoms with Gasteiger partial charge in [0.1, 0.15) is 6.04 Å². The largest absolute Gasteiger partial charge is 0.466 e. The monoisotopic (exact) mass is 542 g/mol. The number of aliphatic hydroxyl groups excluding tert-OH is 1. The molecule has 3 heterocycles. The third kappa shape index (κ3) is 4.79. The lowest BCUT2D eigenvalue weighted by Gasteiger charge is -2.37. The number of hydrogen-bond acceptors (Lipinski definition) is 6. The molecular formula is C30H42N2O5S. The zero-order chi connectivity index (χ0) is 27.7. The lowest BCUT2D eigenvalue weighted by Crippen LogP contribution is -2.55. The normalized spacial score (nSPS) is 29.4. The molecule has 1 aromatic rings. The third-order valence-electron chi connectivity index (χ3n) is 8.59. The Morgan fingerprint density at radius 3 is 2.66 bits per heavy atom. The lowest BCUT2D eigenvalue weighted by molar-refractivity contribution is -0.155. The summed E-state index contributed by atoms with van der Waals surface area (Å²) >= 11 is 1.67. The van der Waals surface area contributed by atoms with Gasteiger partial charge in [-0.3, -0.25) is 14.4 Å². The molecule has 2 amide bonds. The number of carbonyl (C=O) groups excluding carboxylic acids is 3. The standard InChI is InChI=1S/C30H42N2O5S/c1-6-16-31(22-19-20(3)12-13-21(22)4)27(35)25-30-15-14-29(5,38-30)24(28(36)37-7-2)23(30)26(34)32(25)17-10-8-9-11-18-33/h6,12-13,19,23-25,33H,1,7-11,14-18H2,2-5H3/t23-,24-,25?,29+,30?/m0/s1. The fourth-order valence-corrected chi connectivity index (χ4v) is 9.22. The number of likely N-dealkylation sites (tertiary alicyclic amines) is 1. The number of unbranched alkanes of at least 4 members (excludes halogenated alkanes) is 3. The number of carbonyl (C=O) groups is 3. The number of hydrogen-bond donors (Lipinski definition) is 1. The number of anilines is 1. The van der Waals surface area contributed by atoms with Gasteiger partial charge in [-0.1, -0.05) is 31.1 Å². The van der Waals surface area contributed by atoms with Crippen molar-refractivity contribution in [2.45, 2.75) is 81.8 Å². The Bertz CT molecular complexity index is 1090. The maximum absolute atomic E-state index is 14.6. The van der Waals surface area contributed by atoms with Gasteiger partial charge in [-0.2, -0.15) is 0 Å². The predicted molar refractivity (Wildman–Crippen MR) is 151 cm³/mol. The first-order valence-electron chi connectivity index (χ1n) is 13.9. The van der Waals surface area contributed by atoms with E-state index < -0.39 is 27.4 Å². The zero-order valence-corrected chi connectivity index (χ0v) is 24.0. The summed E-state index contributed by atoms with van der Waals surface area (Å²) in [5, 5.41) is 9.15. The molecule has 1 spiro atoms. The Labute approximate surface area is 231 Å². The van der Waals surface area contributed by atoms with Crippen molar-refractivity contribution in [2.75, 3.05) is 31.2 Å². The fraction of sp³-hybridized carbons (Fsp3) is 0.633. The van der Waals surface area contributed by atoms with Gasteiger partial charge in [-0.05, 0) is 70.6 Å². The molecule has 3 aliphatic rings. The third-order valence-corrected chi connectivity index (χ3v) is 10.6. The lowest BCUT2D eigenvalue weighted by atomic mass is 9.66. The average molecular weight is 543 g/mol. The maximum Gasteiger partial charge on any atom is 0.311 e. The van der Waals surface area contributed by atoms with Crippen molar-refractivity contribution < 1.29 is 24.2 Å². The van der Waals surface area contributed by atoms with Crippen LogP contribution >= 0.6 is 11.8 Å². The van der Waals surface area contributed by atoms with Crippen molar-refractivity contribution in [3.05, 3.63) is 42.0 Å². The quantitative estimate of drug-likeness (QED) is 0.239. The molecule has 1 N–H and O–H groups in total. The van der Waals surface area contributed by atoms with E-state index in [0.29, 0.717) is 19.5 Å². The highest BCUT2D eigenvalue weighted by molar-refractivity contribution is 8.02. The molecule has 8 heteroatoms. The van der Waals surface area contributed by atoms with Gasteiger partial charge in [0, 0.05) is 30.1 Å². The number of thioether (sulfide) groups is 1.